The highest BCUT2D eigenvalue weighted by atomic mass is 35.5. The maximum absolute atomic E-state index is 13.4. The molecule has 2 aromatic carbocycles. The molecule has 3 rings (SSSR count). The van der Waals surface area contributed by atoms with E-state index in [1.54, 1.807) is 11.0 Å². The number of aliphatic hydroxyl groups is 1. The van der Waals surface area contributed by atoms with E-state index in [9.17, 15) is 19.1 Å². The number of benzene rings is 2. The number of nitrogens with one attached hydrogen (secondary N) is 1. The van der Waals surface area contributed by atoms with E-state index in [0.29, 0.717) is 12.1 Å². The van der Waals surface area contributed by atoms with Gasteiger partial charge in [0.1, 0.15) is 12.1 Å². The van der Waals surface area contributed by atoms with Gasteiger partial charge in [-0.2, -0.15) is 0 Å². The molecule has 2 aromatic rings. The largest absolute Gasteiger partial charge is 0.379 e. The van der Waals surface area contributed by atoms with E-state index in [4.69, 9.17) is 11.6 Å². The summed E-state index contributed by atoms with van der Waals surface area (Å²) in [7, 11) is 0. The Kier molecular flexibility index (Phi) is 5.89. The van der Waals surface area contributed by atoms with Crippen LogP contribution in [-0.2, 0) is 16.1 Å². The number of amides is 1. The van der Waals surface area contributed by atoms with Crippen LogP contribution in [0.25, 0.3) is 0 Å². The first-order valence-corrected chi connectivity index (χ1v) is 8.99. The number of likely N-dealkylation sites (tertiary alicyclic amines) is 1. The number of carbonyl (C=O) groups excluding carboxylic acids is 2. The lowest BCUT2D eigenvalue weighted by Gasteiger charge is -2.26. The molecule has 0 saturated carbocycles. The number of nitrogens with zero attached hydrogens (tertiary/aromatic N) is 1. The molecule has 1 unspecified atom stereocenters. The standard InChI is InChI=1S/C20H20ClFN2O3/c21-16-8-14(9-17(22)10-16)11-23-19(26)20(27)6-7-24(13-20)18(12-25)15-4-2-1-3-5-15/h1-5,8-10,12,18,27H,6-7,11,13H2,(H,23,26)/t18?,20-/m0/s1. The van der Waals surface area contributed by atoms with Crippen molar-refractivity contribution >= 4 is 23.8 Å². The minimum absolute atomic E-state index is 0.0427. The van der Waals surface area contributed by atoms with E-state index in [-0.39, 0.29) is 24.5 Å². The highest BCUT2D eigenvalue weighted by molar-refractivity contribution is 6.30. The van der Waals surface area contributed by atoms with Crippen molar-refractivity contribution < 1.29 is 19.1 Å². The van der Waals surface area contributed by atoms with Crippen molar-refractivity contribution in [3.8, 4) is 0 Å². The highest BCUT2D eigenvalue weighted by Crippen LogP contribution is 2.29. The molecule has 1 amide bonds. The summed E-state index contributed by atoms with van der Waals surface area (Å²) in [5, 5.41) is 13.6. The minimum atomic E-state index is -1.60. The molecule has 0 radical (unpaired) electrons. The maximum Gasteiger partial charge on any atom is 0.253 e. The van der Waals surface area contributed by atoms with E-state index in [2.05, 4.69) is 5.32 Å². The van der Waals surface area contributed by atoms with E-state index in [0.717, 1.165) is 11.8 Å². The molecule has 5 nitrogen and oxygen atoms in total. The maximum atomic E-state index is 13.4. The van der Waals surface area contributed by atoms with Gasteiger partial charge >= 0.3 is 0 Å². The van der Waals surface area contributed by atoms with Crippen LogP contribution < -0.4 is 5.32 Å². The molecular weight excluding hydrogens is 371 g/mol. The van der Waals surface area contributed by atoms with Gasteiger partial charge in [0, 0.05) is 24.7 Å². The van der Waals surface area contributed by atoms with Crippen molar-refractivity contribution in [2.75, 3.05) is 13.1 Å². The van der Waals surface area contributed by atoms with Crippen LogP contribution in [0.4, 0.5) is 4.39 Å². The van der Waals surface area contributed by atoms with Crippen molar-refractivity contribution in [2.45, 2.75) is 24.6 Å². The number of carbonyl (C=O) groups is 2. The molecule has 142 valence electrons. The van der Waals surface area contributed by atoms with E-state index < -0.39 is 23.4 Å². The monoisotopic (exact) mass is 390 g/mol. The second-order valence-electron chi connectivity index (χ2n) is 6.70. The number of β-amino-alcohol motifs (C(OH)–C–C–N with tert-alkyl or cyclic N) is 1. The summed E-state index contributed by atoms with van der Waals surface area (Å²) >= 11 is 5.81. The lowest BCUT2D eigenvalue weighted by Crippen LogP contribution is -2.48. The molecule has 0 aromatic heterocycles. The van der Waals surface area contributed by atoms with Crippen LogP contribution in [0.1, 0.15) is 23.6 Å². The molecule has 0 bridgehead atoms. The lowest BCUT2D eigenvalue weighted by atomic mass is 10.0. The molecule has 1 heterocycles. The normalized spacial score (nSPS) is 21.0. The van der Waals surface area contributed by atoms with Crippen LogP contribution in [0, 0.1) is 5.82 Å². The molecular formula is C20H20ClFN2O3. The molecule has 1 aliphatic heterocycles. The van der Waals surface area contributed by atoms with Gasteiger partial charge in [0.2, 0.25) is 0 Å². The number of hydrogen-bond donors (Lipinski definition) is 2. The Labute approximate surface area is 161 Å². The zero-order valence-electron chi connectivity index (χ0n) is 14.6. The van der Waals surface area contributed by atoms with Crippen LogP contribution in [0.3, 0.4) is 0 Å². The SMILES string of the molecule is O=CC(c1ccccc1)N1CC[C@@](O)(C(=O)NCc2cc(F)cc(Cl)c2)C1. The Bertz CT molecular complexity index is 813. The summed E-state index contributed by atoms with van der Waals surface area (Å²) in [5.74, 6) is -1.04. The fourth-order valence-corrected chi connectivity index (χ4v) is 3.58. The van der Waals surface area contributed by atoms with Crippen molar-refractivity contribution in [1.82, 2.24) is 10.2 Å². The van der Waals surface area contributed by atoms with E-state index in [1.807, 2.05) is 30.3 Å². The van der Waals surface area contributed by atoms with Gasteiger partial charge in [0.15, 0.2) is 5.60 Å². The molecule has 1 saturated heterocycles. The fraction of sp³-hybridized carbons (Fsp3) is 0.300. The zero-order valence-corrected chi connectivity index (χ0v) is 15.3. The topological polar surface area (TPSA) is 69.6 Å². The number of aldehydes is 1. The second-order valence-corrected chi connectivity index (χ2v) is 7.14. The summed E-state index contributed by atoms with van der Waals surface area (Å²) in [5.41, 5.74) is -0.291. The number of hydrogen-bond acceptors (Lipinski definition) is 4. The Morgan fingerprint density at radius 2 is 2.07 bits per heavy atom. The van der Waals surface area contributed by atoms with E-state index in [1.165, 1.54) is 12.1 Å². The Balaban J connectivity index is 1.64. The van der Waals surface area contributed by atoms with Crippen molar-refractivity contribution in [1.29, 1.82) is 0 Å². The van der Waals surface area contributed by atoms with Gasteiger partial charge in [-0.25, -0.2) is 4.39 Å². The third kappa shape index (κ3) is 4.53. The third-order valence-corrected chi connectivity index (χ3v) is 4.96. The van der Waals surface area contributed by atoms with Crippen molar-refractivity contribution in [3.63, 3.8) is 0 Å². The summed E-state index contributed by atoms with van der Waals surface area (Å²) in [6.07, 6.45) is 1.02. The quantitative estimate of drug-likeness (QED) is 0.743. The minimum Gasteiger partial charge on any atom is -0.379 e. The molecule has 27 heavy (non-hydrogen) atoms. The molecule has 1 aliphatic rings. The van der Waals surface area contributed by atoms with Gasteiger partial charge in [-0.05, 0) is 35.7 Å². The third-order valence-electron chi connectivity index (χ3n) is 4.74. The number of halogens is 2. The molecule has 2 atom stereocenters. The van der Waals surface area contributed by atoms with Gasteiger partial charge in [0.25, 0.3) is 5.91 Å². The zero-order chi connectivity index (χ0) is 19.4. The Morgan fingerprint density at radius 1 is 1.33 bits per heavy atom. The van der Waals surface area contributed by atoms with Crippen LogP contribution >= 0.6 is 11.6 Å². The predicted molar refractivity (Wildman–Crippen MR) is 99.6 cm³/mol. The van der Waals surface area contributed by atoms with Gasteiger partial charge < -0.3 is 15.2 Å². The molecule has 0 spiro atoms. The Morgan fingerprint density at radius 3 is 2.74 bits per heavy atom. The van der Waals surface area contributed by atoms with Gasteiger partial charge in [-0.1, -0.05) is 41.9 Å². The van der Waals surface area contributed by atoms with Crippen LogP contribution in [0.2, 0.25) is 5.02 Å². The van der Waals surface area contributed by atoms with Crippen LogP contribution in [-0.4, -0.2) is 40.9 Å². The molecule has 1 fully saturated rings. The van der Waals surface area contributed by atoms with Gasteiger partial charge in [0.05, 0.1) is 6.04 Å². The first-order chi connectivity index (χ1) is 12.9. The first kappa shape index (κ1) is 19.5. The number of rotatable bonds is 6. The molecule has 0 aliphatic carbocycles. The Hall–Kier alpha value is -2.28. The predicted octanol–water partition coefficient (Wildman–Crippen LogP) is 2.47. The summed E-state index contributed by atoms with van der Waals surface area (Å²) in [6, 6.07) is 12.7. The first-order valence-electron chi connectivity index (χ1n) is 8.61. The average Bonchev–Trinajstić information content (AvgIpc) is 3.04. The van der Waals surface area contributed by atoms with Crippen LogP contribution in [0.5, 0.6) is 0 Å². The smallest absolute Gasteiger partial charge is 0.253 e. The molecule has 2 N–H and O–H groups in total. The highest BCUT2D eigenvalue weighted by Gasteiger charge is 2.44. The van der Waals surface area contributed by atoms with E-state index >= 15 is 0 Å². The lowest BCUT2D eigenvalue weighted by molar-refractivity contribution is -0.139. The summed E-state index contributed by atoms with van der Waals surface area (Å²) < 4.78 is 13.4. The summed E-state index contributed by atoms with van der Waals surface area (Å²) in [6.45, 7) is 0.503. The van der Waals surface area contributed by atoms with Crippen molar-refractivity contribution in [3.05, 3.63) is 70.5 Å². The summed E-state index contributed by atoms with van der Waals surface area (Å²) in [4.78, 5) is 25.9. The fourth-order valence-electron chi connectivity index (χ4n) is 3.33. The average molecular weight is 391 g/mol. The van der Waals surface area contributed by atoms with Crippen LogP contribution in [0.15, 0.2) is 48.5 Å². The molecule has 7 heteroatoms. The second kappa shape index (κ2) is 8.17. The van der Waals surface area contributed by atoms with Gasteiger partial charge in [-0.3, -0.25) is 9.69 Å². The van der Waals surface area contributed by atoms with Crippen molar-refractivity contribution in [2.24, 2.45) is 0 Å². The van der Waals surface area contributed by atoms with Gasteiger partial charge in [-0.15, -0.1) is 0 Å².